The number of para-hydroxylation sites is 1. The number of hydrogen-bond donors (Lipinski definition) is 0. The Balaban J connectivity index is 2.14. The molecule has 0 bridgehead atoms. The maximum Gasteiger partial charge on any atom is 0.167 e. The molecule has 1 aromatic rings. The lowest BCUT2D eigenvalue weighted by atomic mass is 10.3. The van der Waals surface area contributed by atoms with E-state index in [9.17, 15) is 4.21 Å². The fraction of sp³-hybridized carbons (Fsp3) is 0.111. The molecule has 0 amide bonds. The zero-order chi connectivity index (χ0) is 10.7. The summed E-state index contributed by atoms with van der Waals surface area (Å²) in [7, 11) is -1.15. The van der Waals surface area contributed by atoms with Gasteiger partial charge in [0.2, 0.25) is 0 Å². The third-order valence-electron chi connectivity index (χ3n) is 1.74. The van der Waals surface area contributed by atoms with E-state index in [1.807, 2.05) is 29.7 Å². The standard InChI is InChI=1S/C9H6N2OS3/c10-5-13-6-14-9-11-7-3-1-2-4-8(7)15(9)12/h1-4H,6H2. The van der Waals surface area contributed by atoms with Crippen molar-refractivity contribution in [3.8, 4) is 5.40 Å². The molecule has 0 saturated carbocycles. The van der Waals surface area contributed by atoms with Gasteiger partial charge in [-0.1, -0.05) is 23.9 Å². The quantitative estimate of drug-likeness (QED) is 0.352. The van der Waals surface area contributed by atoms with E-state index in [4.69, 9.17) is 5.26 Å². The summed E-state index contributed by atoms with van der Waals surface area (Å²) >= 11 is 2.49. The van der Waals surface area contributed by atoms with Crippen molar-refractivity contribution in [2.45, 2.75) is 4.90 Å². The SMILES string of the molecule is N#CSCSC1=Nc2ccccc2S1=O. The largest absolute Gasteiger partial charge is 0.247 e. The summed E-state index contributed by atoms with van der Waals surface area (Å²) < 4.78 is 12.5. The Morgan fingerprint density at radius 3 is 3.00 bits per heavy atom. The molecule has 0 aromatic heterocycles. The maximum atomic E-state index is 11.9. The molecule has 0 N–H and O–H groups in total. The Morgan fingerprint density at radius 1 is 1.47 bits per heavy atom. The summed E-state index contributed by atoms with van der Waals surface area (Å²) in [5.41, 5.74) is 0.778. The van der Waals surface area contributed by atoms with Crippen LogP contribution in [0.3, 0.4) is 0 Å². The van der Waals surface area contributed by atoms with Crippen molar-refractivity contribution in [2.75, 3.05) is 5.08 Å². The lowest BCUT2D eigenvalue weighted by Crippen LogP contribution is -1.97. The second kappa shape index (κ2) is 4.84. The molecule has 1 unspecified atom stereocenters. The minimum atomic E-state index is -1.15. The van der Waals surface area contributed by atoms with Crippen molar-refractivity contribution in [3.63, 3.8) is 0 Å². The van der Waals surface area contributed by atoms with Gasteiger partial charge in [0.25, 0.3) is 0 Å². The van der Waals surface area contributed by atoms with Crippen molar-refractivity contribution in [1.82, 2.24) is 0 Å². The molecule has 2 rings (SSSR count). The molecule has 76 valence electrons. The number of hydrogen-bond acceptors (Lipinski definition) is 5. The molecule has 1 heterocycles. The van der Waals surface area contributed by atoms with E-state index in [2.05, 4.69) is 4.99 Å². The average Bonchev–Trinajstić information content (AvgIpc) is 2.57. The van der Waals surface area contributed by atoms with Crippen LogP contribution in [0.15, 0.2) is 34.2 Å². The van der Waals surface area contributed by atoms with Gasteiger partial charge >= 0.3 is 0 Å². The van der Waals surface area contributed by atoms with Crippen LogP contribution in [0.1, 0.15) is 0 Å². The Kier molecular flexibility index (Phi) is 3.46. The van der Waals surface area contributed by atoms with Gasteiger partial charge in [0, 0.05) is 0 Å². The number of thiocyanates is 1. The van der Waals surface area contributed by atoms with Crippen LogP contribution in [-0.2, 0) is 10.8 Å². The molecule has 0 spiro atoms. The van der Waals surface area contributed by atoms with Gasteiger partial charge in [0.1, 0.15) is 16.2 Å². The number of rotatable bonds is 2. The highest BCUT2D eigenvalue weighted by atomic mass is 32.2. The summed E-state index contributed by atoms with van der Waals surface area (Å²) in [6, 6.07) is 7.39. The van der Waals surface area contributed by atoms with Crippen LogP contribution in [0.2, 0.25) is 0 Å². The van der Waals surface area contributed by atoms with E-state index < -0.39 is 10.8 Å². The number of benzene rings is 1. The summed E-state index contributed by atoms with van der Waals surface area (Å²) in [6.45, 7) is 0. The highest BCUT2D eigenvalue weighted by Gasteiger charge is 2.22. The van der Waals surface area contributed by atoms with Crippen LogP contribution in [-0.4, -0.2) is 13.7 Å². The van der Waals surface area contributed by atoms with Crippen molar-refractivity contribution >= 4 is 44.4 Å². The second-order valence-corrected chi connectivity index (χ2v) is 6.32. The van der Waals surface area contributed by atoms with Crippen molar-refractivity contribution in [2.24, 2.45) is 4.99 Å². The lowest BCUT2D eigenvalue weighted by molar-refractivity contribution is 0.691. The molecular weight excluding hydrogens is 248 g/mol. The Hall–Kier alpha value is -0.770. The predicted molar refractivity (Wildman–Crippen MR) is 65.6 cm³/mol. The highest BCUT2D eigenvalue weighted by molar-refractivity contribution is 8.37. The molecule has 0 saturated heterocycles. The average molecular weight is 254 g/mol. The van der Waals surface area contributed by atoms with Gasteiger partial charge in [0.05, 0.1) is 15.7 Å². The summed E-state index contributed by atoms with van der Waals surface area (Å²) in [6.07, 6.45) is 0. The fourth-order valence-electron chi connectivity index (χ4n) is 1.13. The van der Waals surface area contributed by atoms with Gasteiger partial charge in [-0.05, 0) is 23.9 Å². The molecule has 0 fully saturated rings. The summed E-state index contributed by atoms with van der Waals surface area (Å²) in [5, 5.41) is 10.9. The molecule has 1 aliphatic rings. The van der Waals surface area contributed by atoms with Crippen LogP contribution in [0.4, 0.5) is 5.69 Å². The van der Waals surface area contributed by atoms with Gasteiger partial charge in [0.15, 0.2) is 4.38 Å². The first-order chi connectivity index (χ1) is 7.33. The molecular formula is C9H6N2OS3. The van der Waals surface area contributed by atoms with Crippen molar-refractivity contribution < 1.29 is 4.21 Å². The van der Waals surface area contributed by atoms with E-state index in [1.54, 1.807) is 0 Å². The molecule has 0 radical (unpaired) electrons. The van der Waals surface area contributed by atoms with E-state index in [-0.39, 0.29) is 0 Å². The van der Waals surface area contributed by atoms with Crippen LogP contribution >= 0.6 is 23.5 Å². The van der Waals surface area contributed by atoms with Crippen molar-refractivity contribution in [3.05, 3.63) is 24.3 Å². The van der Waals surface area contributed by atoms with Crippen LogP contribution in [0, 0.1) is 10.7 Å². The number of aliphatic imine (C=N–C) groups is 1. The first-order valence-corrected chi connectivity index (χ1v) is 7.18. The number of nitriles is 1. The van der Waals surface area contributed by atoms with Crippen LogP contribution in [0.5, 0.6) is 0 Å². The number of thioether (sulfide) groups is 2. The Morgan fingerprint density at radius 2 is 2.27 bits per heavy atom. The van der Waals surface area contributed by atoms with Gasteiger partial charge in [-0.2, -0.15) is 5.26 Å². The Bertz CT molecular complexity index is 478. The summed E-state index contributed by atoms with van der Waals surface area (Å²) in [4.78, 5) is 5.03. The van der Waals surface area contributed by atoms with E-state index in [0.29, 0.717) is 9.46 Å². The highest BCUT2D eigenvalue weighted by Crippen LogP contribution is 2.34. The maximum absolute atomic E-state index is 11.9. The molecule has 0 aliphatic carbocycles. The molecule has 3 nitrogen and oxygen atoms in total. The van der Waals surface area contributed by atoms with E-state index in [1.165, 1.54) is 11.8 Å². The lowest BCUT2D eigenvalue weighted by Gasteiger charge is -1.95. The number of nitrogens with zero attached hydrogens (tertiary/aromatic N) is 2. The fourth-order valence-corrected chi connectivity index (χ4v) is 4.15. The summed E-state index contributed by atoms with van der Waals surface area (Å²) in [5.74, 6) is 0. The smallest absolute Gasteiger partial charge is 0.167 e. The first kappa shape index (κ1) is 10.7. The third kappa shape index (κ3) is 2.25. The minimum Gasteiger partial charge on any atom is -0.247 e. The van der Waals surface area contributed by atoms with Gasteiger partial charge < -0.3 is 0 Å². The normalized spacial score (nSPS) is 18.1. The van der Waals surface area contributed by atoms with Gasteiger partial charge in [-0.3, -0.25) is 0 Å². The monoisotopic (exact) mass is 254 g/mol. The van der Waals surface area contributed by atoms with E-state index in [0.717, 1.165) is 22.3 Å². The zero-order valence-electron chi connectivity index (χ0n) is 7.54. The third-order valence-corrected chi connectivity index (χ3v) is 5.11. The first-order valence-electron chi connectivity index (χ1n) is 4.06. The van der Waals surface area contributed by atoms with Crippen LogP contribution in [0.25, 0.3) is 0 Å². The molecule has 1 aromatic carbocycles. The van der Waals surface area contributed by atoms with Crippen LogP contribution < -0.4 is 0 Å². The van der Waals surface area contributed by atoms with Gasteiger partial charge in [-0.15, -0.1) is 0 Å². The molecule has 6 heteroatoms. The topological polar surface area (TPSA) is 53.2 Å². The van der Waals surface area contributed by atoms with E-state index >= 15 is 0 Å². The molecule has 15 heavy (non-hydrogen) atoms. The second-order valence-electron chi connectivity index (χ2n) is 2.61. The minimum absolute atomic E-state index is 0.565. The molecule has 1 atom stereocenters. The molecule has 1 aliphatic heterocycles. The number of fused-ring (bicyclic) bond motifs is 1. The van der Waals surface area contributed by atoms with Gasteiger partial charge in [-0.25, -0.2) is 9.20 Å². The zero-order valence-corrected chi connectivity index (χ0v) is 9.99. The predicted octanol–water partition coefficient (Wildman–Crippen LogP) is 2.70. The Labute approximate surface area is 98.4 Å². The van der Waals surface area contributed by atoms with Crippen molar-refractivity contribution in [1.29, 1.82) is 5.26 Å².